The molecule has 3 heteroatoms. The van der Waals surface area contributed by atoms with Gasteiger partial charge in [0.15, 0.2) is 0 Å². The SMILES string of the molecule is COc1ccc(CCC(=O)OCC2CC3C=CC2C3)cc1. The lowest BCUT2D eigenvalue weighted by atomic mass is 9.95. The van der Waals surface area contributed by atoms with Crippen LogP contribution < -0.4 is 4.74 Å². The first-order valence-corrected chi connectivity index (χ1v) is 7.71. The second-order valence-corrected chi connectivity index (χ2v) is 6.07. The molecule has 2 aliphatic carbocycles. The molecule has 0 N–H and O–H groups in total. The Hall–Kier alpha value is -1.77. The molecule has 0 radical (unpaired) electrons. The van der Waals surface area contributed by atoms with Crippen LogP contribution in [0.1, 0.15) is 24.8 Å². The topological polar surface area (TPSA) is 35.5 Å². The Balaban J connectivity index is 1.39. The zero-order valence-electron chi connectivity index (χ0n) is 12.5. The summed E-state index contributed by atoms with van der Waals surface area (Å²) in [5.41, 5.74) is 1.13. The highest BCUT2D eigenvalue weighted by Gasteiger charge is 2.36. The number of methoxy groups -OCH3 is 1. The predicted molar refractivity (Wildman–Crippen MR) is 81.1 cm³/mol. The molecule has 0 amide bonds. The molecular formula is C18H22O3. The van der Waals surface area contributed by atoms with E-state index in [-0.39, 0.29) is 5.97 Å². The summed E-state index contributed by atoms with van der Waals surface area (Å²) < 4.78 is 10.6. The van der Waals surface area contributed by atoms with Gasteiger partial charge < -0.3 is 9.47 Å². The van der Waals surface area contributed by atoms with Crippen molar-refractivity contribution in [1.82, 2.24) is 0 Å². The molecule has 1 aromatic carbocycles. The van der Waals surface area contributed by atoms with E-state index >= 15 is 0 Å². The molecule has 3 atom stereocenters. The summed E-state index contributed by atoms with van der Waals surface area (Å²) in [6.45, 7) is 0.590. The van der Waals surface area contributed by atoms with E-state index in [9.17, 15) is 4.79 Å². The van der Waals surface area contributed by atoms with Crippen LogP contribution >= 0.6 is 0 Å². The summed E-state index contributed by atoms with van der Waals surface area (Å²) in [4.78, 5) is 11.8. The van der Waals surface area contributed by atoms with E-state index in [4.69, 9.17) is 9.47 Å². The van der Waals surface area contributed by atoms with Gasteiger partial charge in [0.1, 0.15) is 5.75 Å². The summed E-state index contributed by atoms with van der Waals surface area (Å²) in [7, 11) is 1.65. The second kappa shape index (κ2) is 6.33. The van der Waals surface area contributed by atoms with Gasteiger partial charge in [-0.1, -0.05) is 24.3 Å². The second-order valence-electron chi connectivity index (χ2n) is 6.07. The average molecular weight is 286 g/mol. The van der Waals surface area contributed by atoms with E-state index in [0.717, 1.165) is 23.7 Å². The van der Waals surface area contributed by atoms with Crippen LogP contribution in [0.4, 0.5) is 0 Å². The Morgan fingerprint density at radius 1 is 1.19 bits per heavy atom. The third kappa shape index (κ3) is 3.46. The van der Waals surface area contributed by atoms with Crippen LogP contribution in [0, 0.1) is 17.8 Å². The Morgan fingerprint density at radius 3 is 2.62 bits per heavy atom. The lowest BCUT2D eigenvalue weighted by Gasteiger charge is -2.17. The maximum atomic E-state index is 11.8. The van der Waals surface area contributed by atoms with Crippen molar-refractivity contribution < 1.29 is 14.3 Å². The van der Waals surface area contributed by atoms with Crippen LogP contribution in [0.25, 0.3) is 0 Å². The van der Waals surface area contributed by atoms with E-state index in [2.05, 4.69) is 12.2 Å². The monoisotopic (exact) mass is 286 g/mol. The smallest absolute Gasteiger partial charge is 0.306 e. The van der Waals surface area contributed by atoms with E-state index in [1.165, 1.54) is 12.8 Å². The zero-order valence-corrected chi connectivity index (χ0v) is 12.5. The van der Waals surface area contributed by atoms with Gasteiger partial charge >= 0.3 is 5.97 Å². The lowest BCUT2D eigenvalue weighted by Crippen LogP contribution is -2.17. The van der Waals surface area contributed by atoms with Gasteiger partial charge in [-0.3, -0.25) is 4.79 Å². The van der Waals surface area contributed by atoms with Crippen molar-refractivity contribution >= 4 is 5.97 Å². The molecule has 0 spiro atoms. The third-order valence-electron chi connectivity index (χ3n) is 4.65. The summed E-state index contributed by atoms with van der Waals surface area (Å²) in [5, 5.41) is 0. The van der Waals surface area contributed by atoms with Crippen LogP contribution in [-0.4, -0.2) is 19.7 Å². The first kappa shape index (κ1) is 14.2. The quantitative estimate of drug-likeness (QED) is 0.594. The average Bonchev–Trinajstić information content (AvgIpc) is 3.14. The van der Waals surface area contributed by atoms with Gasteiger partial charge in [0, 0.05) is 6.42 Å². The van der Waals surface area contributed by atoms with Crippen molar-refractivity contribution in [3.05, 3.63) is 42.0 Å². The molecule has 0 aliphatic heterocycles. The van der Waals surface area contributed by atoms with Crippen LogP contribution in [0.2, 0.25) is 0 Å². The summed E-state index contributed by atoms with van der Waals surface area (Å²) in [5.74, 6) is 2.68. The number of aryl methyl sites for hydroxylation is 1. The summed E-state index contributed by atoms with van der Waals surface area (Å²) in [6, 6.07) is 7.82. The molecule has 2 aliphatic rings. The molecule has 3 unspecified atom stereocenters. The molecule has 1 fully saturated rings. The van der Waals surface area contributed by atoms with Gasteiger partial charge in [0.05, 0.1) is 13.7 Å². The summed E-state index contributed by atoms with van der Waals surface area (Å²) in [6.07, 6.45) is 8.22. The van der Waals surface area contributed by atoms with E-state index < -0.39 is 0 Å². The lowest BCUT2D eigenvalue weighted by molar-refractivity contribution is -0.145. The molecular weight excluding hydrogens is 264 g/mol. The van der Waals surface area contributed by atoms with Crippen molar-refractivity contribution in [1.29, 1.82) is 0 Å². The molecule has 3 rings (SSSR count). The fraction of sp³-hybridized carbons (Fsp3) is 0.500. The predicted octanol–water partition coefficient (Wildman–Crippen LogP) is 3.38. The maximum absolute atomic E-state index is 11.8. The molecule has 1 saturated carbocycles. The zero-order chi connectivity index (χ0) is 14.7. The highest BCUT2D eigenvalue weighted by Crippen LogP contribution is 2.43. The van der Waals surface area contributed by atoms with Crippen LogP contribution in [-0.2, 0) is 16.0 Å². The molecule has 0 saturated heterocycles. The van der Waals surface area contributed by atoms with Crippen LogP contribution in [0.3, 0.4) is 0 Å². The van der Waals surface area contributed by atoms with Crippen molar-refractivity contribution in [2.24, 2.45) is 17.8 Å². The summed E-state index contributed by atoms with van der Waals surface area (Å²) >= 11 is 0. The number of hydrogen-bond donors (Lipinski definition) is 0. The maximum Gasteiger partial charge on any atom is 0.306 e. The van der Waals surface area contributed by atoms with Crippen LogP contribution in [0.5, 0.6) is 5.75 Å². The number of esters is 1. The Labute approximate surface area is 125 Å². The third-order valence-corrected chi connectivity index (χ3v) is 4.65. The van der Waals surface area contributed by atoms with Gasteiger partial charge in [-0.05, 0) is 54.7 Å². The highest BCUT2D eigenvalue weighted by atomic mass is 16.5. The number of allylic oxidation sites excluding steroid dienone is 2. The van der Waals surface area contributed by atoms with Crippen molar-refractivity contribution in [3.63, 3.8) is 0 Å². The van der Waals surface area contributed by atoms with Gasteiger partial charge in [-0.15, -0.1) is 0 Å². The number of benzene rings is 1. The van der Waals surface area contributed by atoms with Crippen LogP contribution in [0.15, 0.2) is 36.4 Å². The van der Waals surface area contributed by atoms with E-state index in [1.54, 1.807) is 7.11 Å². The molecule has 2 bridgehead atoms. The molecule has 0 aromatic heterocycles. The van der Waals surface area contributed by atoms with Crippen molar-refractivity contribution in [3.8, 4) is 5.75 Å². The molecule has 112 valence electrons. The Morgan fingerprint density at radius 2 is 2.00 bits per heavy atom. The number of fused-ring (bicyclic) bond motifs is 2. The fourth-order valence-electron chi connectivity index (χ4n) is 3.40. The number of carbonyl (C=O) groups is 1. The van der Waals surface area contributed by atoms with E-state index in [1.807, 2.05) is 24.3 Å². The number of rotatable bonds is 6. The highest BCUT2D eigenvalue weighted by molar-refractivity contribution is 5.69. The van der Waals surface area contributed by atoms with Gasteiger partial charge in [-0.2, -0.15) is 0 Å². The molecule has 0 heterocycles. The molecule has 21 heavy (non-hydrogen) atoms. The minimum Gasteiger partial charge on any atom is -0.497 e. The largest absolute Gasteiger partial charge is 0.497 e. The van der Waals surface area contributed by atoms with Gasteiger partial charge in [0.25, 0.3) is 0 Å². The first-order chi connectivity index (χ1) is 10.2. The van der Waals surface area contributed by atoms with E-state index in [0.29, 0.717) is 24.9 Å². The normalized spacial score (nSPS) is 26.0. The van der Waals surface area contributed by atoms with Crippen molar-refractivity contribution in [2.75, 3.05) is 13.7 Å². The Kier molecular flexibility index (Phi) is 4.28. The van der Waals surface area contributed by atoms with Crippen molar-refractivity contribution in [2.45, 2.75) is 25.7 Å². The minimum atomic E-state index is -0.0856. The van der Waals surface area contributed by atoms with Gasteiger partial charge in [0.2, 0.25) is 0 Å². The number of carbonyl (C=O) groups excluding carboxylic acids is 1. The first-order valence-electron chi connectivity index (χ1n) is 7.71. The number of hydrogen-bond acceptors (Lipinski definition) is 3. The fourth-order valence-corrected chi connectivity index (χ4v) is 3.40. The Bertz CT molecular complexity index is 518. The minimum absolute atomic E-state index is 0.0856. The number of ether oxygens (including phenoxy) is 2. The molecule has 3 nitrogen and oxygen atoms in total. The standard InChI is InChI=1S/C18H22O3/c1-20-17-7-3-13(4-8-17)5-9-18(19)21-12-16-11-14-2-6-15(16)10-14/h2-4,6-8,14-16H,5,9-12H2,1H3. The van der Waals surface area contributed by atoms with Gasteiger partial charge in [-0.25, -0.2) is 0 Å². The molecule has 1 aromatic rings.